The maximum absolute atomic E-state index is 12.2. The molecule has 1 amide bonds. The van der Waals surface area contributed by atoms with E-state index in [0.29, 0.717) is 17.4 Å². The Hall–Kier alpha value is -1.23. The number of aryl methyl sites for hydroxylation is 1. The summed E-state index contributed by atoms with van der Waals surface area (Å²) in [6, 6.07) is 3.70. The van der Waals surface area contributed by atoms with Gasteiger partial charge in [-0.25, -0.2) is 4.98 Å². The molecule has 0 bridgehead atoms. The molecule has 0 aromatic carbocycles. The average molecular weight is 295 g/mol. The number of carbonyl (C=O) groups is 1. The quantitative estimate of drug-likeness (QED) is 0.774. The van der Waals surface area contributed by atoms with Crippen molar-refractivity contribution in [1.29, 1.82) is 0 Å². The van der Waals surface area contributed by atoms with Gasteiger partial charge in [0.05, 0.1) is 0 Å². The van der Waals surface area contributed by atoms with E-state index in [1.165, 1.54) is 0 Å². The second kappa shape index (κ2) is 8.84. The first-order chi connectivity index (χ1) is 9.60. The molecule has 0 radical (unpaired) electrons. The Bertz CT molecular complexity index is 437. The number of amides is 1. The molecule has 1 atom stereocenters. The molecule has 5 heteroatoms. The number of pyridine rings is 1. The van der Waals surface area contributed by atoms with E-state index in [9.17, 15) is 4.79 Å². The van der Waals surface area contributed by atoms with Crippen LogP contribution >= 0.6 is 11.8 Å². The maximum atomic E-state index is 12.2. The number of hydrogen-bond acceptors (Lipinski definition) is 4. The lowest BCUT2D eigenvalue weighted by Gasteiger charge is -2.12. The highest BCUT2D eigenvalue weighted by molar-refractivity contribution is 7.99. The van der Waals surface area contributed by atoms with Gasteiger partial charge in [0.25, 0.3) is 5.91 Å². The summed E-state index contributed by atoms with van der Waals surface area (Å²) >= 11 is 1.74. The van der Waals surface area contributed by atoms with Crippen LogP contribution in [0.3, 0.4) is 0 Å². The summed E-state index contributed by atoms with van der Waals surface area (Å²) in [6.45, 7) is 7.80. The number of nitrogens with zero attached hydrogens (tertiary/aromatic N) is 1. The van der Waals surface area contributed by atoms with Gasteiger partial charge in [-0.3, -0.25) is 4.79 Å². The lowest BCUT2D eigenvalue weighted by Crippen LogP contribution is -2.29. The van der Waals surface area contributed by atoms with E-state index >= 15 is 0 Å². The monoisotopic (exact) mass is 295 g/mol. The van der Waals surface area contributed by atoms with Crippen molar-refractivity contribution in [3.63, 3.8) is 0 Å². The van der Waals surface area contributed by atoms with Gasteiger partial charge in [-0.2, -0.15) is 11.8 Å². The molecule has 0 aliphatic rings. The molecular formula is C15H25N3OS. The standard InChI is InChI=1S/C15H25N3OS/c1-5-7-16-14-9-12(8-13(6-2)18-14)15(19)17-10-11(3)20-4/h8-9,11H,5-7,10H2,1-4H3,(H,16,18)(H,17,19). The van der Waals surface area contributed by atoms with Gasteiger partial charge < -0.3 is 10.6 Å². The highest BCUT2D eigenvalue weighted by Gasteiger charge is 2.10. The normalized spacial score (nSPS) is 12.0. The molecular weight excluding hydrogens is 270 g/mol. The molecule has 0 aliphatic heterocycles. The predicted octanol–water partition coefficient (Wildman–Crippen LogP) is 2.95. The highest BCUT2D eigenvalue weighted by atomic mass is 32.2. The van der Waals surface area contributed by atoms with Crippen molar-refractivity contribution < 1.29 is 4.79 Å². The van der Waals surface area contributed by atoms with Crippen LogP contribution in [0, 0.1) is 0 Å². The summed E-state index contributed by atoms with van der Waals surface area (Å²) in [5, 5.41) is 6.63. The van der Waals surface area contributed by atoms with Crippen molar-refractivity contribution in [2.24, 2.45) is 0 Å². The van der Waals surface area contributed by atoms with E-state index in [4.69, 9.17) is 0 Å². The average Bonchev–Trinajstić information content (AvgIpc) is 2.49. The fraction of sp³-hybridized carbons (Fsp3) is 0.600. The molecule has 1 unspecified atom stereocenters. The smallest absolute Gasteiger partial charge is 0.251 e. The van der Waals surface area contributed by atoms with Crippen LogP contribution in [0.5, 0.6) is 0 Å². The number of aromatic nitrogens is 1. The second-order valence-electron chi connectivity index (χ2n) is 4.77. The molecule has 0 saturated carbocycles. The molecule has 0 fully saturated rings. The highest BCUT2D eigenvalue weighted by Crippen LogP contribution is 2.12. The summed E-state index contributed by atoms with van der Waals surface area (Å²) in [4.78, 5) is 16.7. The zero-order valence-electron chi connectivity index (χ0n) is 12.8. The molecule has 0 aliphatic carbocycles. The van der Waals surface area contributed by atoms with E-state index in [2.05, 4.69) is 29.5 Å². The fourth-order valence-electron chi connectivity index (χ4n) is 1.67. The first-order valence-electron chi connectivity index (χ1n) is 7.16. The van der Waals surface area contributed by atoms with Crippen LogP contribution in [0.4, 0.5) is 5.82 Å². The number of hydrogen-bond donors (Lipinski definition) is 2. The van der Waals surface area contributed by atoms with Gasteiger partial charge in [0.1, 0.15) is 5.82 Å². The molecule has 2 N–H and O–H groups in total. The maximum Gasteiger partial charge on any atom is 0.251 e. The Balaban J connectivity index is 2.78. The Morgan fingerprint density at radius 1 is 1.40 bits per heavy atom. The first kappa shape index (κ1) is 16.8. The number of carbonyl (C=O) groups excluding carboxylic acids is 1. The van der Waals surface area contributed by atoms with Crippen molar-refractivity contribution in [2.75, 3.05) is 24.7 Å². The van der Waals surface area contributed by atoms with Crippen molar-refractivity contribution in [2.45, 2.75) is 38.9 Å². The van der Waals surface area contributed by atoms with E-state index < -0.39 is 0 Å². The number of thioether (sulfide) groups is 1. The van der Waals surface area contributed by atoms with E-state index in [1.807, 2.05) is 25.3 Å². The van der Waals surface area contributed by atoms with Gasteiger partial charge in [0, 0.05) is 29.6 Å². The molecule has 1 heterocycles. The van der Waals surface area contributed by atoms with Crippen LogP contribution in [0.2, 0.25) is 0 Å². The summed E-state index contributed by atoms with van der Waals surface area (Å²) in [7, 11) is 0. The lowest BCUT2D eigenvalue weighted by atomic mass is 10.1. The summed E-state index contributed by atoms with van der Waals surface area (Å²) in [5.41, 5.74) is 1.62. The second-order valence-corrected chi connectivity index (χ2v) is 6.05. The molecule has 4 nitrogen and oxygen atoms in total. The van der Waals surface area contributed by atoms with Gasteiger partial charge in [-0.1, -0.05) is 20.8 Å². The van der Waals surface area contributed by atoms with Crippen LogP contribution in [0.15, 0.2) is 12.1 Å². The minimum absolute atomic E-state index is 0.0254. The Morgan fingerprint density at radius 3 is 2.75 bits per heavy atom. The minimum Gasteiger partial charge on any atom is -0.370 e. The number of rotatable bonds is 8. The van der Waals surface area contributed by atoms with Crippen LogP contribution in [0.25, 0.3) is 0 Å². The summed E-state index contributed by atoms with van der Waals surface area (Å²) in [6.07, 6.45) is 3.90. The minimum atomic E-state index is -0.0254. The Kier molecular flexibility index (Phi) is 7.44. The fourth-order valence-corrected chi connectivity index (χ4v) is 1.92. The van der Waals surface area contributed by atoms with Crippen molar-refractivity contribution >= 4 is 23.5 Å². The van der Waals surface area contributed by atoms with Gasteiger partial charge in [0.2, 0.25) is 0 Å². The SMILES string of the molecule is CCCNc1cc(C(=O)NCC(C)SC)cc(CC)n1. The Morgan fingerprint density at radius 2 is 2.15 bits per heavy atom. The number of nitrogens with one attached hydrogen (secondary N) is 2. The van der Waals surface area contributed by atoms with Crippen LogP contribution in [-0.4, -0.2) is 35.5 Å². The van der Waals surface area contributed by atoms with Gasteiger partial charge in [-0.15, -0.1) is 0 Å². The molecule has 20 heavy (non-hydrogen) atoms. The zero-order chi connectivity index (χ0) is 15.0. The molecule has 0 saturated heterocycles. The van der Waals surface area contributed by atoms with E-state index in [-0.39, 0.29) is 5.91 Å². The third-order valence-electron chi connectivity index (χ3n) is 3.01. The van der Waals surface area contributed by atoms with Crippen LogP contribution in [-0.2, 0) is 6.42 Å². The van der Waals surface area contributed by atoms with Gasteiger partial charge in [-0.05, 0) is 31.2 Å². The predicted molar refractivity (Wildman–Crippen MR) is 87.7 cm³/mol. The third-order valence-corrected chi connectivity index (χ3v) is 3.98. The van der Waals surface area contributed by atoms with E-state index in [1.54, 1.807) is 11.8 Å². The number of anilines is 1. The zero-order valence-corrected chi connectivity index (χ0v) is 13.6. The summed E-state index contributed by atoms with van der Waals surface area (Å²) in [5.74, 6) is 0.761. The molecule has 0 spiro atoms. The largest absolute Gasteiger partial charge is 0.370 e. The van der Waals surface area contributed by atoms with Gasteiger partial charge in [0.15, 0.2) is 0 Å². The molecule has 112 valence electrons. The summed E-state index contributed by atoms with van der Waals surface area (Å²) < 4.78 is 0. The van der Waals surface area contributed by atoms with Crippen molar-refractivity contribution in [3.05, 3.63) is 23.4 Å². The third kappa shape index (κ3) is 5.41. The van der Waals surface area contributed by atoms with Crippen LogP contribution < -0.4 is 10.6 Å². The first-order valence-corrected chi connectivity index (χ1v) is 8.45. The van der Waals surface area contributed by atoms with Crippen molar-refractivity contribution in [3.8, 4) is 0 Å². The van der Waals surface area contributed by atoms with Crippen molar-refractivity contribution in [1.82, 2.24) is 10.3 Å². The molecule has 1 aromatic rings. The van der Waals surface area contributed by atoms with E-state index in [0.717, 1.165) is 30.9 Å². The topological polar surface area (TPSA) is 54.0 Å². The lowest BCUT2D eigenvalue weighted by molar-refractivity contribution is 0.0954. The Labute approximate surface area is 126 Å². The van der Waals surface area contributed by atoms with Gasteiger partial charge >= 0.3 is 0 Å². The van der Waals surface area contributed by atoms with Crippen LogP contribution in [0.1, 0.15) is 43.2 Å². The molecule has 1 aromatic heterocycles. The molecule has 1 rings (SSSR count).